The second-order valence-corrected chi connectivity index (χ2v) is 4.18. The topological polar surface area (TPSA) is 17.1 Å². The fourth-order valence-corrected chi connectivity index (χ4v) is 1.67. The van der Waals surface area contributed by atoms with Crippen LogP contribution in [0.2, 0.25) is 0 Å². The predicted molar refractivity (Wildman–Crippen MR) is 65.9 cm³/mol. The molecule has 0 aromatic carbocycles. The molecule has 0 atom stereocenters. The van der Waals surface area contributed by atoms with Gasteiger partial charge in [-0.15, -0.1) is 6.58 Å². The van der Waals surface area contributed by atoms with Crippen molar-refractivity contribution in [2.45, 2.75) is 51.4 Å². The second-order valence-electron chi connectivity index (χ2n) is 3.62. The number of unbranched alkanes of at least 4 members (excludes halogenated alkanes) is 6. The summed E-state index contributed by atoms with van der Waals surface area (Å²) in [6.45, 7) is 3.69. The maximum Gasteiger partial charge on any atom is 0.143 e. The first kappa shape index (κ1) is 13.9. The summed E-state index contributed by atoms with van der Waals surface area (Å²) in [7, 11) is 0. The highest BCUT2D eigenvalue weighted by atomic mass is 79.9. The first-order valence-corrected chi connectivity index (χ1v) is 6.62. The van der Waals surface area contributed by atoms with E-state index in [0.717, 1.165) is 19.3 Å². The SMILES string of the molecule is C=CCCCCCCCCC(=O)CBr. The molecule has 0 saturated heterocycles. The molecule has 0 unspecified atom stereocenters. The van der Waals surface area contributed by atoms with Gasteiger partial charge in [0.25, 0.3) is 0 Å². The average molecular weight is 261 g/mol. The Bertz CT molecular complexity index is 154. The lowest BCUT2D eigenvalue weighted by molar-refractivity contribution is -0.116. The van der Waals surface area contributed by atoms with Gasteiger partial charge in [-0.1, -0.05) is 47.7 Å². The van der Waals surface area contributed by atoms with Crippen LogP contribution in [0.4, 0.5) is 0 Å². The lowest BCUT2D eigenvalue weighted by Crippen LogP contribution is -1.97. The molecule has 82 valence electrons. The quantitative estimate of drug-likeness (QED) is 0.326. The van der Waals surface area contributed by atoms with Gasteiger partial charge in [0, 0.05) is 6.42 Å². The molecular weight excluding hydrogens is 240 g/mol. The summed E-state index contributed by atoms with van der Waals surface area (Å²) < 4.78 is 0. The van der Waals surface area contributed by atoms with E-state index in [1.807, 2.05) is 6.08 Å². The zero-order valence-corrected chi connectivity index (χ0v) is 10.5. The Kier molecular flexibility index (Phi) is 10.9. The van der Waals surface area contributed by atoms with Crippen molar-refractivity contribution in [3.63, 3.8) is 0 Å². The summed E-state index contributed by atoms with van der Waals surface area (Å²) in [6, 6.07) is 0. The molecule has 0 heterocycles. The third-order valence-electron chi connectivity index (χ3n) is 2.26. The number of alkyl halides is 1. The first-order valence-electron chi connectivity index (χ1n) is 5.49. The number of carbonyl (C=O) groups is 1. The standard InChI is InChI=1S/C12H21BrO/c1-2-3-4-5-6-7-8-9-10-12(14)11-13/h2H,1,3-11H2. The Hall–Kier alpha value is -0.110. The minimum absolute atomic E-state index is 0.330. The minimum atomic E-state index is 0.330. The molecule has 0 aromatic rings. The Morgan fingerprint density at radius 1 is 1.07 bits per heavy atom. The van der Waals surface area contributed by atoms with E-state index in [9.17, 15) is 4.79 Å². The zero-order chi connectivity index (χ0) is 10.6. The largest absolute Gasteiger partial charge is 0.299 e. The van der Waals surface area contributed by atoms with E-state index in [4.69, 9.17) is 0 Å². The Morgan fingerprint density at radius 3 is 2.21 bits per heavy atom. The van der Waals surface area contributed by atoms with Crippen LogP contribution in [0.15, 0.2) is 12.7 Å². The van der Waals surface area contributed by atoms with Gasteiger partial charge >= 0.3 is 0 Å². The molecule has 0 aliphatic heterocycles. The number of hydrogen-bond donors (Lipinski definition) is 0. The molecule has 0 spiro atoms. The van der Waals surface area contributed by atoms with Crippen molar-refractivity contribution in [3.8, 4) is 0 Å². The van der Waals surface area contributed by atoms with Gasteiger partial charge in [-0.3, -0.25) is 4.79 Å². The molecule has 0 aliphatic rings. The molecule has 0 N–H and O–H groups in total. The van der Waals surface area contributed by atoms with Gasteiger partial charge in [0.1, 0.15) is 5.78 Å². The van der Waals surface area contributed by atoms with Crippen molar-refractivity contribution in [1.29, 1.82) is 0 Å². The maximum absolute atomic E-state index is 10.9. The number of carbonyl (C=O) groups excluding carboxylic acids is 1. The maximum atomic E-state index is 10.9. The van der Waals surface area contributed by atoms with Gasteiger partial charge in [-0.25, -0.2) is 0 Å². The number of hydrogen-bond acceptors (Lipinski definition) is 1. The molecule has 0 saturated carbocycles. The molecule has 0 fully saturated rings. The summed E-state index contributed by atoms with van der Waals surface area (Å²) in [4.78, 5) is 10.9. The summed E-state index contributed by atoms with van der Waals surface area (Å²) in [5.41, 5.74) is 0. The number of rotatable bonds is 10. The van der Waals surface area contributed by atoms with Gasteiger partial charge in [0.05, 0.1) is 5.33 Å². The van der Waals surface area contributed by atoms with E-state index in [-0.39, 0.29) is 0 Å². The lowest BCUT2D eigenvalue weighted by Gasteiger charge is -1.99. The molecule has 0 aliphatic carbocycles. The number of halogens is 1. The molecular formula is C12H21BrO. The minimum Gasteiger partial charge on any atom is -0.299 e. The highest BCUT2D eigenvalue weighted by Crippen LogP contribution is 2.09. The summed E-state index contributed by atoms with van der Waals surface area (Å²) in [6.07, 6.45) is 11.3. The van der Waals surface area contributed by atoms with Gasteiger partial charge in [-0.05, 0) is 19.3 Å². The normalized spacial score (nSPS) is 10.1. The number of ketones is 1. The summed E-state index contributed by atoms with van der Waals surface area (Å²) in [5, 5.41) is 0.520. The molecule has 0 bridgehead atoms. The van der Waals surface area contributed by atoms with Crippen LogP contribution in [0.1, 0.15) is 51.4 Å². The van der Waals surface area contributed by atoms with Crippen LogP contribution in [-0.2, 0) is 4.79 Å². The molecule has 0 amide bonds. The monoisotopic (exact) mass is 260 g/mol. The van der Waals surface area contributed by atoms with Crippen LogP contribution in [-0.4, -0.2) is 11.1 Å². The molecule has 0 radical (unpaired) electrons. The van der Waals surface area contributed by atoms with Crippen molar-refractivity contribution < 1.29 is 4.79 Å². The van der Waals surface area contributed by atoms with Crippen LogP contribution in [0.25, 0.3) is 0 Å². The number of allylic oxidation sites excluding steroid dienone is 1. The smallest absolute Gasteiger partial charge is 0.143 e. The second kappa shape index (κ2) is 11.0. The molecule has 2 heteroatoms. The molecule has 0 aromatic heterocycles. The zero-order valence-electron chi connectivity index (χ0n) is 8.93. The summed E-state index contributed by atoms with van der Waals surface area (Å²) >= 11 is 3.17. The van der Waals surface area contributed by atoms with Crippen LogP contribution in [0, 0.1) is 0 Å². The molecule has 1 nitrogen and oxygen atoms in total. The van der Waals surface area contributed by atoms with Gasteiger partial charge in [-0.2, -0.15) is 0 Å². The van der Waals surface area contributed by atoms with Gasteiger partial charge in [0.15, 0.2) is 0 Å². The third kappa shape index (κ3) is 9.97. The summed E-state index contributed by atoms with van der Waals surface area (Å²) in [5.74, 6) is 0.330. The van der Waals surface area contributed by atoms with Crippen molar-refractivity contribution in [2.75, 3.05) is 5.33 Å². The van der Waals surface area contributed by atoms with E-state index in [1.165, 1.54) is 32.1 Å². The van der Waals surface area contributed by atoms with Crippen molar-refractivity contribution in [1.82, 2.24) is 0 Å². The Balaban J connectivity index is 2.98. The van der Waals surface area contributed by atoms with Gasteiger partial charge < -0.3 is 0 Å². The average Bonchev–Trinajstić information content (AvgIpc) is 2.21. The van der Waals surface area contributed by atoms with Crippen LogP contribution >= 0.6 is 15.9 Å². The third-order valence-corrected chi connectivity index (χ3v) is 2.89. The molecule has 14 heavy (non-hydrogen) atoms. The Morgan fingerprint density at radius 2 is 1.64 bits per heavy atom. The molecule has 0 rings (SSSR count). The van der Waals surface area contributed by atoms with Crippen LogP contribution < -0.4 is 0 Å². The highest BCUT2D eigenvalue weighted by Gasteiger charge is 1.98. The first-order chi connectivity index (χ1) is 6.81. The van der Waals surface area contributed by atoms with Crippen molar-refractivity contribution in [2.24, 2.45) is 0 Å². The van der Waals surface area contributed by atoms with Crippen molar-refractivity contribution in [3.05, 3.63) is 12.7 Å². The van der Waals surface area contributed by atoms with Gasteiger partial charge in [0.2, 0.25) is 0 Å². The Labute approximate surface area is 96.1 Å². The van der Waals surface area contributed by atoms with E-state index in [0.29, 0.717) is 11.1 Å². The van der Waals surface area contributed by atoms with Crippen LogP contribution in [0.3, 0.4) is 0 Å². The van der Waals surface area contributed by atoms with Crippen LogP contribution in [0.5, 0.6) is 0 Å². The van der Waals surface area contributed by atoms with E-state index in [1.54, 1.807) is 0 Å². The lowest BCUT2D eigenvalue weighted by atomic mass is 10.1. The number of Topliss-reactive ketones (excluding diaryl/α,β-unsaturated/α-hetero) is 1. The highest BCUT2D eigenvalue weighted by molar-refractivity contribution is 9.09. The van der Waals surface area contributed by atoms with E-state index in [2.05, 4.69) is 22.5 Å². The fraction of sp³-hybridized carbons (Fsp3) is 0.750. The predicted octanol–water partition coefficient (Wildman–Crippen LogP) is 4.26. The van der Waals surface area contributed by atoms with Crippen molar-refractivity contribution >= 4 is 21.7 Å². The fourth-order valence-electron chi connectivity index (χ4n) is 1.38. The van der Waals surface area contributed by atoms with E-state index < -0.39 is 0 Å². The van der Waals surface area contributed by atoms with E-state index >= 15 is 0 Å².